The average Bonchev–Trinajstić information content (AvgIpc) is 2.77. The summed E-state index contributed by atoms with van der Waals surface area (Å²) in [5, 5.41) is 6.09. The molecule has 1 atom stereocenters. The third-order valence-electron chi connectivity index (χ3n) is 5.73. The molecule has 2 aromatic carbocycles. The smallest absolute Gasteiger partial charge is 0.246 e. The van der Waals surface area contributed by atoms with E-state index < -0.39 is 0 Å². The molecule has 2 aromatic rings. The molecule has 0 bridgehead atoms. The highest BCUT2D eigenvalue weighted by molar-refractivity contribution is 5.96. The van der Waals surface area contributed by atoms with Crippen LogP contribution in [-0.2, 0) is 9.59 Å². The minimum atomic E-state index is -0.364. The molecule has 1 fully saturated rings. The summed E-state index contributed by atoms with van der Waals surface area (Å²) >= 11 is 0. The summed E-state index contributed by atoms with van der Waals surface area (Å²) in [5.41, 5.74) is 4.01. The predicted octanol–water partition coefficient (Wildman–Crippen LogP) is 3.13. The minimum Gasteiger partial charge on any atom is -0.355 e. The fourth-order valence-electron chi connectivity index (χ4n) is 3.94. The van der Waals surface area contributed by atoms with Gasteiger partial charge in [0.1, 0.15) is 6.04 Å². The molecule has 1 aliphatic heterocycles. The highest BCUT2D eigenvalue weighted by Crippen LogP contribution is 2.25. The van der Waals surface area contributed by atoms with E-state index in [1.165, 1.54) is 0 Å². The van der Waals surface area contributed by atoms with Crippen molar-refractivity contribution in [1.82, 2.24) is 15.1 Å². The van der Waals surface area contributed by atoms with Crippen molar-refractivity contribution in [3.8, 4) is 0 Å². The molecule has 1 heterocycles. The molecule has 0 aliphatic carbocycles. The first-order valence-corrected chi connectivity index (χ1v) is 11.1. The number of carbonyl (C=O) groups excluding carboxylic acids is 2. The summed E-state index contributed by atoms with van der Waals surface area (Å²) in [7, 11) is 0. The quantitative estimate of drug-likeness (QED) is 0.686. The van der Waals surface area contributed by atoms with Gasteiger partial charge in [0.05, 0.1) is 6.54 Å². The van der Waals surface area contributed by atoms with Crippen molar-refractivity contribution in [3.63, 3.8) is 0 Å². The van der Waals surface area contributed by atoms with E-state index in [4.69, 9.17) is 0 Å². The summed E-state index contributed by atoms with van der Waals surface area (Å²) in [6.45, 7) is 10.2. The Morgan fingerprint density at radius 3 is 2.39 bits per heavy atom. The summed E-state index contributed by atoms with van der Waals surface area (Å²) < 4.78 is 0. The number of hydrogen-bond acceptors (Lipinski definition) is 4. The van der Waals surface area contributed by atoms with E-state index in [1.54, 1.807) is 0 Å². The lowest BCUT2D eigenvalue weighted by atomic mass is 10.0. The second kappa shape index (κ2) is 11.1. The first-order valence-electron chi connectivity index (χ1n) is 11.1. The van der Waals surface area contributed by atoms with Crippen molar-refractivity contribution in [3.05, 3.63) is 65.2 Å². The number of carbonyl (C=O) groups is 2. The number of benzene rings is 2. The van der Waals surface area contributed by atoms with Crippen LogP contribution in [0.25, 0.3) is 0 Å². The van der Waals surface area contributed by atoms with E-state index in [1.807, 2.05) is 63.2 Å². The normalized spacial score (nSPS) is 16.0. The lowest BCUT2D eigenvalue weighted by molar-refractivity contribution is -0.125. The van der Waals surface area contributed by atoms with Crippen molar-refractivity contribution in [2.45, 2.75) is 33.2 Å². The Morgan fingerprint density at radius 1 is 1.00 bits per heavy atom. The largest absolute Gasteiger partial charge is 0.355 e. The maximum atomic E-state index is 13.4. The van der Waals surface area contributed by atoms with Gasteiger partial charge in [0.25, 0.3) is 0 Å². The average molecular weight is 423 g/mol. The molecular formula is C25H34N4O2. The molecule has 1 aliphatic rings. The molecule has 2 N–H and O–H groups in total. The Hall–Kier alpha value is -2.70. The van der Waals surface area contributed by atoms with Crippen LogP contribution in [0.3, 0.4) is 0 Å². The summed E-state index contributed by atoms with van der Waals surface area (Å²) in [4.78, 5) is 29.8. The SMILES string of the molecule is CCCNC(=O)CN1CCN([C@@H](C(=O)Nc2cc(C)ccc2C)c2ccccc2)CC1. The van der Waals surface area contributed by atoms with Crippen LogP contribution in [0.1, 0.15) is 36.1 Å². The number of nitrogens with one attached hydrogen (secondary N) is 2. The molecule has 0 spiro atoms. The molecule has 3 rings (SSSR count). The Labute approximate surface area is 185 Å². The molecule has 31 heavy (non-hydrogen) atoms. The molecule has 0 unspecified atom stereocenters. The highest BCUT2D eigenvalue weighted by atomic mass is 16.2. The highest BCUT2D eigenvalue weighted by Gasteiger charge is 2.31. The monoisotopic (exact) mass is 422 g/mol. The summed E-state index contributed by atoms with van der Waals surface area (Å²) in [5.74, 6) is 0.0524. The Morgan fingerprint density at radius 2 is 1.71 bits per heavy atom. The summed E-state index contributed by atoms with van der Waals surface area (Å²) in [6.07, 6.45) is 0.938. The van der Waals surface area contributed by atoms with Gasteiger partial charge in [0, 0.05) is 38.4 Å². The maximum Gasteiger partial charge on any atom is 0.246 e. The minimum absolute atomic E-state index is 0.0194. The first-order chi connectivity index (χ1) is 15.0. The maximum absolute atomic E-state index is 13.4. The second-order valence-electron chi connectivity index (χ2n) is 8.28. The third kappa shape index (κ3) is 6.39. The zero-order chi connectivity index (χ0) is 22.2. The van der Waals surface area contributed by atoms with Gasteiger partial charge in [-0.3, -0.25) is 19.4 Å². The van der Waals surface area contributed by atoms with Gasteiger partial charge in [-0.15, -0.1) is 0 Å². The Bertz CT molecular complexity index is 876. The van der Waals surface area contributed by atoms with Gasteiger partial charge in [0.2, 0.25) is 11.8 Å². The van der Waals surface area contributed by atoms with Gasteiger partial charge in [0.15, 0.2) is 0 Å². The number of hydrogen-bond donors (Lipinski definition) is 2. The standard InChI is InChI=1S/C25H34N4O2/c1-4-12-26-23(30)18-28-13-15-29(16-14-28)24(21-8-6-5-7-9-21)25(31)27-22-17-19(2)10-11-20(22)3/h5-11,17,24H,4,12-16,18H2,1-3H3,(H,26,30)(H,27,31)/t24-/m1/s1. The zero-order valence-electron chi connectivity index (χ0n) is 18.9. The predicted molar refractivity (Wildman–Crippen MR) is 125 cm³/mol. The molecular weight excluding hydrogens is 388 g/mol. The molecule has 0 aromatic heterocycles. The fraction of sp³-hybridized carbons (Fsp3) is 0.440. The first kappa shape index (κ1) is 23.0. The second-order valence-corrected chi connectivity index (χ2v) is 8.28. The number of rotatable bonds is 8. The van der Waals surface area contributed by atoms with E-state index in [2.05, 4.69) is 26.5 Å². The molecule has 2 amide bonds. The molecule has 6 heteroatoms. The van der Waals surface area contributed by atoms with Crippen LogP contribution >= 0.6 is 0 Å². The number of piperazine rings is 1. The van der Waals surface area contributed by atoms with Crippen LogP contribution in [0, 0.1) is 13.8 Å². The van der Waals surface area contributed by atoms with Gasteiger partial charge in [-0.05, 0) is 43.0 Å². The molecule has 0 radical (unpaired) electrons. The molecule has 1 saturated heterocycles. The number of amides is 2. The van der Waals surface area contributed by atoms with E-state index in [0.717, 1.165) is 55.0 Å². The van der Waals surface area contributed by atoms with E-state index in [9.17, 15) is 9.59 Å². The Balaban J connectivity index is 1.70. The molecule has 166 valence electrons. The Kier molecular flexibility index (Phi) is 8.20. The topological polar surface area (TPSA) is 64.7 Å². The summed E-state index contributed by atoms with van der Waals surface area (Å²) in [6, 6.07) is 15.7. The van der Waals surface area contributed by atoms with Crippen molar-refractivity contribution in [2.75, 3.05) is 44.6 Å². The zero-order valence-corrected chi connectivity index (χ0v) is 18.9. The van der Waals surface area contributed by atoms with Gasteiger partial charge in [-0.2, -0.15) is 0 Å². The molecule has 6 nitrogen and oxygen atoms in total. The lowest BCUT2D eigenvalue weighted by Crippen LogP contribution is -2.52. The van der Waals surface area contributed by atoms with Gasteiger partial charge < -0.3 is 10.6 Å². The van der Waals surface area contributed by atoms with Crippen molar-refractivity contribution < 1.29 is 9.59 Å². The lowest BCUT2D eigenvalue weighted by Gasteiger charge is -2.38. The van der Waals surface area contributed by atoms with Crippen molar-refractivity contribution in [2.24, 2.45) is 0 Å². The number of aryl methyl sites for hydroxylation is 2. The van der Waals surface area contributed by atoms with E-state index >= 15 is 0 Å². The van der Waals surface area contributed by atoms with Crippen LogP contribution in [-0.4, -0.2) is 60.9 Å². The van der Waals surface area contributed by atoms with Crippen LogP contribution in [0.5, 0.6) is 0 Å². The van der Waals surface area contributed by atoms with Gasteiger partial charge in [-0.25, -0.2) is 0 Å². The van der Waals surface area contributed by atoms with E-state index in [0.29, 0.717) is 13.1 Å². The van der Waals surface area contributed by atoms with Gasteiger partial charge in [-0.1, -0.05) is 49.4 Å². The van der Waals surface area contributed by atoms with Gasteiger partial charge >= 0.3 is 0 Å². The number of nitrogens with zero attached hydrogens (tertiary/aromatic N) is 2. The van der Waals surface area contributed by atoms with Crippen molar-refractivity contribution in [1.29, 1.82) is 0 Å². The van der Waals surface area contributed by atoms with E-state index in [-0.39, 0.29) is 17.9 Å². The third-order valence-corrected chi connectivity index (χ3v) is 5.73. The number of anilines is 1. The molecule has 0 saturated carbocycles. The van der Waals surface area contributed by atoms with Crippen LogP contribution in [0.2, 0.25) is 0 Å². The van der Waals surface area contributed by atoms with Crippen LogP contribution in [0.4, 0.5) is 5.69 Å². The fourth-order valence-corrected chi connectivity index (χ4v) is 3.94. The van der Waals surface area contributed by atoms with Crippen molar-refractivity contribution >= 4 is 17.5 Å². The van der Waals surface area contributed by atoms with Crippen LogP contribution < -0.4 is 10.6 Å². The van der Waals surface area contributed by atoms with Crippen LogP contribution in [0.15, 0.2) is 48.5 Å².